The summed E-state index contributed by atoms with van der Waals surface area (Å²) in [6.07, 6.45) is 0. The maximum Gasteiger partial charge on any atom is 0.355 e. The monoisotopic (exact) mass is 470 g/mol. The maximum atomic E-state index is 15.0. The van der Waals surface area contributed by atoms with Crippen molar-refractivity contribution < 1.29 is 32.8 Å². The van der Waals surface area contributed by atoms with Crippen molar-refractivity contribution >= 4 is 23.3 Å². The summed E-state index contributed by atoms with van der Waals surface area (Å²) >= 11 is 0. The number of esters is 2. The minimum Gasteiger partial charge on any atom is -0.466 e. The van der Waals surface area contributed by atoms with E-state index in [1.807, 2.05) is 6.07 Å². The normalized spacial score (nSPS) is 15.6. The highest BCUT2D eigenvalue weighted by Gasteiger charge is 2.45. The van der Waals surface area contributed by atoms with Gasteiger partial charge in [-0.2, -0.15) is 5.26 Å². The van der Waals surface area contributed by atoms with Gasteiger partial charge >= 0.3 is 11.9 Å². The van der Waals surface area contributed by atoms with Crippen molar-refractivity contribution in [3.8, 4) is 6.07 Å². The smallest absolute Gasteiger partial charge is 0.355 e. The van der Waals surface area contributed by atoms with Gasteiger partial charge in [0.1, 0.15) is 17.3 Å². The first-order chi connectivity index (χ1) is 16.2. The van der Waals surface area contributed by atoms with Crippen molar-refractivity contribution in [2.45, 2.75) is 5.92 Å². The molecule has 1 aliphatic rings. The van der Waals surface area contributed by atoms with Gasteiger partial charge in [-0.3, -0.25) is 15.0 Å². The van der Waals surface area contributed by atoms with Crippen molar-refractivity contribution in [3.63, 3.8) is 0 Å². The molecule has 12 heteroatoms. The van der Waals surface area contributed by atoms with Crippen LogP contribution in [0, 0.1) is 33.1 Å². The average Bonchev–Trinajstić information content (AvgIpc) is 2.82. The van der Waals surface area contributed by atoms with Crippen LogP contribution in [0.1, 0.15) is 11.5 Å². The number of methoxy groups -OCH3 is 2. The Morgan fingerprint density at radius 2 is 1.76 bits per heavy atom. The molecular formula is C22H16F2N4O6. The zero-order valence-electron chi connectivity index (χ0n) is 17.7. The van der Waals surface area contributed by atoms with Crippen LogP contribution in [0.2, 0.25) is 0 Å². The third-order valence-corrected chi connectivity index (χ3v) is 5.04. The standard InChI is InChI=1S/C22H16F2N4O6/c1-33-21(29)17-16(11-6-4-3-5-7-11)13(10-25)20(26)27(19(17)22(30)34-2)18-14(24)8-12(23)9-15(18)28(31)32/h3-9,16H,26H2,1-2H3. The molecule has 0 bridgehead atoms. The molecule has 0 fully saturated rings. The number of halogens is 2. The molecule has 1 aliphatic heterocycles. The first-order valence-corrected chi connectivity index (χ1v) is 9.46. The molecule has 0 saturated carbocycles. The average molecular weight is 470 g/mol. The zero-order chi connectivity index (χ0) is 25.2. The first-order valence-electron chi connectivity index (χ1n) is 9.46. The Labute approximate surface area is 191 Å². The molecule has 1 heterocycles. The number of nitro groups is 1. The van der Waals surface area contributed by atoms with E-state index in [-0.39, 0.29) is 5.57 Å². The van der Waals surface area contributed by atoms with Crippen LogP contribution in [0.5, 0.6) is 0 Å². The fourth-order valence-corrected chi connectivity index (χ4v) is 3.66. The summed E-state index contributed by atoms with van der Waals surface area (Å²) in [5.74, 6) is -6.95. The van der Waals surface area contributed by atoms with Crippen molar-refractivity contribution in [1.29, 1.82) is 5.26 Å². The van der Waals surface area contributed by atoms with Crippen LogP contribution in [-0.2, 0) is 19.1 Å². The summed E-state index contributed by atoms with van der Waals surface area (Å²) in [7, 11) is 1.96. The molecular weight excluding hydrogens is 454 g/mol. The van der Waals surface area contributed by atoms with Gasteiger partial charge in [0.25, 0.3) is 5.69 Å². The van der Waals surface area contributed by atoms with Gasteiger partial charge < -0.3 is 15.2 Å². The Morgan fingerprint density at radius 3 is 2.29 bits per heavy atom. The number of nitrogens with zero attached hydrogens (tertiary/aromatic N) is 3. The second-order valence-corrected chi connectivity index (χ2v) is 6.85. The lowest BCUT2D eigenvalue weighted by Gasteiger charge is -2.35. The predicted octanol–water partition coefficient (Wildman–Crippen LogP) is 2.77. The van der Waals surface area contributed by atoms with E-state index in [1.54, 1.807) is 30.3 Å². The first kappa shape index (κ1) is 23.9. The van der Waals surface area contributed by atoms with E-state index in [4.69, 9.17) is 15.2 Å². The highest BCUT2D eigenvalue weighted by atomic mass is 19.1. The van der Waals surface area contributed by atoms with Gasteiger partial charge in [0.2, 0.25) is 0 Å². The molecule has 1 unspecified atom stereocenters. The number of nitrogens with two attached hydrogens (primary N) is 1. The van der Waals surface area contributed by atoms with E-state index >= 15 is 0 Å². The van der Waals surface area contributed by atoms with Crippen molar-refractivity contribution in [1.82, 2.24) is 0 Å². The van der Waals surface area contributed by atoms with Crippen LogP contribution < -0.4 is 10.6 Å². The lowest BCUT2D eigenvalue weighted by Crippen LogP contribution is -2.41. The molecule has 0 saturated heterocycles. The van der Waals surface area contributed by atoms with Gasteiger partial charge in [-0.25, -0.2) is 18.4 Å². The lowest BCUT2D eigenvalue weighted by molar-refractivity contribution is -0.384. The lowest BCUT2D eigenvalue weighted by atomic mass is 9.81. The Balaban J connectivity index is 2.53. The molecule has 3 rings (SSSR count). The van der Waals surface area contributed by atoms with Gasteiger partial charge in [-0.15, -0.1) is 0 Å². The topological polar surface area (TPSA) is 149 Å². The molecule has 0 spiro atoms. The van der Waals surface area contributed by atoms with Crippen LogP contribution in [0.4, 0.5) is 20.2 Å². The van der Waals surface area contributed by atoms with Crippen LogP contribution >= 0.6 is 0 Å². The highest BCUT2D eigenvalue weighted by molar-refractivity contribution is 6.06. The third-order valence-electron chi connectivity index (χ3n) is 5.04. The van der Waals surface area contributed by atoms with Crippen molar-refractivity contribution in [2.24, 2.45) is 5.73 Å². The molecule has 2 aromatic carbocycles. The molecule has 1 atom stereocenters. The van der Waals surface area contributed by atoms with Crippen LogP contribution in [-0.4, -0.2) is 31.1 Å². The summed E-state index contributed by atoms with van der Waals surface area (Å²) in [5.41, 5.74) is 2.88. The number of rotatable bonds is 5. The number of nitriles is 1. The van der Waals surface area contributed by atoms with Gasteiger partial charge in [-0.1, -0.05) is 30.3 Å². The highest BCUT2D eigenvalue weighted by Crippen LogP contribution is 2.46. The predicted molar refractivity (Wildman–Crippen MR) is 113 cm³/mol. The number of carbonyl (C=O) groups is 2. The Bertz CT molecular complexity index is 1300. The Morgan fingerprint density at radius 1 is 1.15 bits per heavy atom. The molecule has 0 aliphatic carbocycles. The van der Waals surface area contributed by atoms with Crippen molar-refractivity contribution in [2.75, 3.05) is 19.1 Å². The fourth-order valence-electron chi connectivity index (χ4n) is 3.66. The molecule has 0 radical (unpaired) electrons. The summed E-state index contributed by atoms with van der Waals surface area (Å²) in [6, 6.07) is 10.5. The summed E-state index contributed by atoms with van der Waals surface area (Å²) < 4.78 is 38.4. The van der Waals surface area contributed by atoms with E-state index in [2.05, 4.69) is 0 Å². The largest absolute Gasteiger partial charge is 0.466 e. The molecule has 10 nitrogen and oxygen atoms in total. The van der Waals surface area contributed by atoms with E-state index in [9.17, 15) is 33.7 Å². The van der Waals surface area contributed by atoms with Gasteiger partial charge in [0, 0.05) is 6.07 Å². The van der Waals surface area contributed by atoms with Crippen LogP contribution in [0.3, 0.4) is 0 Å². The number of carbonyl (C=O) groups excluding carboxylic acids is 2. The number of hydrogen-bond donors (Lipinski definition) is 1. The number of hydrogen-bond acceptors (Lipinski definition) is 9. The number of allylic oxidation sites excluding steroid dienone is 1. The SMILES string of the molecule is COC(=O)C1=C(C(=O)OC)N(c2c(F)cc(F)cc2[N+](=O)[O-])C(N)=C(C#N)C1c1ccccc1. The number of anilines is 1. The molecule has 0 amide bonds. The molecule has 0 aromatic heterocycles. The van der Waals surface area contributed by atoms with Crippen LogP contribution in [0.25, 0.3) is 0 Å². The molecule has 2 aromatic rings. The van der Waals surface area contributed by atoms with Crippen LogP contribution in [0.15, 0.2) is 65.1 Å². The van der Waals surface area contributed by atoms with Crippen molar-refractivity contribution in [3.05, 3.63) is 92.4 Å². The van der Waals surface area contributed by atoms with Gasteiger partial charge in [-0.05, 0) is 5.56 Å². The quantitative estimate of drug-likeness (QED) is 0.395. The fraction of sp³-hybridized carbons (Fsp3) is 0.136. The zero-order valence-corrected chi connectivity index (χ0v) is 17.7. The minimum absolute atomic E-state index is 0.331. The summed E-state index contributed by atoms with van der Waals surface area (Å²) in [5, 5.41) is 21.5. The van der Waals surface area contributed by atoms with E-state index in [0.717, 1.165) is 14.2 Å². The third kappa shape index (κ3) is 3.90. The second-order valence-electron chi connectivity index (χ2n) is 6.85. The molecule has 34 heavy (non-hydrogen) atoms. The van der Waals surface area contributed by atoms with E-state index in [1.165, 1.54) is 0 Å². The summed E-state index contributed by atoms with van der Waals surface area (Å²) in [4.78, 5) is 36.8. The second kappa shape index (κ2) is 9.37. The van der Waals surface area contributed by atoms with E-state index < -0.39 is 62.9 Å². The minimum atomic E-state index is -1.48. The number of nitro benzene ring substituents is 1. The Hall–Kier alpha value is -4.79. The maximum absolute atomic E-state index is 15.0. The Kier molecular flexibility index (Phi) is 6.58. The summed E-state index contributed by atoms with van der Waals surface area (Å²) in [6.45, 7) is 0. The number of benzene rings is 2. The number of ether oxygens (including phenoxy) is 2. The molecule has 2 N–H and O–H groups in total. The molecule has 174 valence electrons. The van der Waals surface area contributed by atoms with Gasteiger partial charge in [0.15, 0.2) is 11.5 Å². The van der Waals surface area contributed by atoms with Gasteiger partial charge in [0.05, 0.1) is 48.3 Å². The van der Waals surface area contributed by atoms with E-state index in [0.29, 0.717) is 22.6 Å².